The van der Waals surface area contributed by atoms with Crippen molar-refractivity contribution >= 4 is 28.4 Å². The largest absolute Gasteiger partial charge is 0.348 e. The summed E-state index contributed by atoms with van der Waals surface area (Å²) in [7, 11) is 0. The molecule has 6 heteroatoms. The summed E-state index contributed by atoms with van der Waals surface area (Å²) < 4.78 is 0. The van der Waals surface area contributed by atoms with Gasteiger partial charge in [0.15, 0.2) is 0 Å². The Labute approximate surface area is 198 Å². The molecule has 6 rings (SSSR count). The van der Waals surface area contributed by atoms with Crippen LogP contribution in [0.15, 0.2) is 61.3 Å². The first kappa shape index (κ1) is 21.0. The molecule has 0 spiro atoms. The first-order chi connectivity index (χ1) is 16.6. The van der Waals surface area contributed by atoms with E-state index in [1.807, 2.05) is 30.3 Å². The van der Waals surface area contributed by atoms with Crippen molar-refractivity contribution in [2.24, 2.45) is 23.7 Å². The molecule has 2 amide bonds. The second-order valence-corrected chi connectivity index (χ2v) is 10.1. The van der Waals surface area contributed by atoms with Crippen LogP contribution >= 0.6 is 0 Å². The van der Waals surface area contributed by atoms with Crippen molar-refractivity contribution < 1.29 is 9.59 Å². The number of hydrogen-bond acceptors (Lipinski definition) is 4. The second kappa shape index (κ2) is 8.35. The highest BCUT2D eigenvalue weighted by atomic mass is 16.2. The molecule has 3 saturated carbocycles. The number of fused-ring (bicyclic) bond motifs is 2. The van der Waals surface area contributed by atoms with E-state index in [-0.39, 0.29) is 17.9 Å². The quantitative estimate of drug-likeness (QED) is 0.535. The van der Waals surface area contributed by atoms with Crippen LogP contribution in [0.1, 0.15) is 42.6 Å². The molecule has 172 valence electrons. The Balaban J connectivity index is 1.24. The number of carbonyl (C=O) groups excluding carboxylic acids is 2. The molecule has 3 aromatic rings. The third-order valence-corrected chi connectivity index (χ3v) is 8.06. The molecule has 34 heavy (non-hydrogen) atoms. The molecule has 3 aliphatic carbocycles. The maximum Gasteiger partial charge on any atom is 0.270 e. The second-order valence-electron chi connectivity index (χ2n) is 10.1. The first-order valence-corrected chi connectivity index (χ1v) is 12.2. The highest BCUT2D eigenvalue weighted by Gasteiger charge is 2.50. The minimum atomic E-state index is -0.279. The summed E-state index contributed by atoms with van der Waals surface area (Å²) in [5.41, 5.74) is 3.43. The molecular formula is C28H28N4O2. The van der Waals surface area contributed by atoms with E-state index in [0.29, 0.717) is 17.1 Å². The Morgan fingerprint density at radius 3 is 2.76 bits per heavy atom. The van der Waals surface area contributed by atoms with Gasteiger partial charge in [-0.05, 0) is 92.2 Å². The summed E-state index contributed by atoms with van der Waals surface area (Å²) in [6, 6.07) is 13.3. The predicted octanol–water partition coefficient (Wildman–Crippen LogP) is 4.98. The summed E-state index contributed by atoms with van der Waals surface area (Å²) in [6.45, 7) is 3.52. The number of amides is 2. The number of aromatic nitrogens is 2. The number of pyridine rings is 2. The zero-order valence-corrected chi connectivity index (χ0v) is 19.0. The maximum atomic E-state index is 13.1. The Hall–Kier alpha value is -3.54. The normalized spacial score (nSPS) is 26.9. The van der Waals surface area contributed by atoms with Crippen molar-refractivity contribution in [3.63, 3.8) is 0 Å². The average molecular weight is 453 g/mol. The van der Waals surface area contributed by atoms with E-state index >= 15 is 0 Å². The maximum absolute atomic E-state index is 13.1. The monoisotopic (exact) mass is 452 g/mol. The summed E-state index contributed by atoms with van der Waals surface area (Å²) in [5.74, 6) is 3.07. The number of hydrogen-bond donors (Lipinski definition) is 2. The van der Waals surface area contributed by atoms with Crippen LogP contribution in [-0.2, 0) is 4.79 Å². The SMILES string of the molecule is C=CC(=O)Nc1ccnc2ccc(-c3cccc(C(=O)NC4CC5CC6CC(C4)C6C5)n3)cc12. The molecule has 6 nitrogen and oxygen atoms in total. The van der Waals surface area contributed by atoms with Crippen molar-refractivity contribution in [1.29, 1.82) is 0 Å². The van der Waals surface area contributed by atoms with Gasteiger partial charge in [0.1, 0.15) is 5.69 Å². The summed E-state index contributed by atoms with van der Waals surface area (Å²) in [4.78, 5) is 34.0. The molecule has 2 aromatic heterocycles. The van der Waals surface area contributed by atoms with Crippen LogP contribution in [0.3, 0.4) is 0 Å². The van der Waals surface area contributed by atoms with Gasteiger partial charge >= 0.3 is 0 Å². The molecule has 5 unspecified atom stereocenters. The van der Waals surface area contributed by atoms with Crippen LogP contribution in [0.25, 0.3) is 22.2 Å². The standard InChI is InChI=1S/C28H28N4O2/c1-2-27(33)32-25-8-9-29-24-7-6-17(15-22(24)25)23-4-3-5-26(31-23)28(34)30-20-11-16-10-18-13-19(14-20)21(18)12-16/h2-9,15-16,18-21H,1,10-14H2,(H,30,34)(H,29,32,33). The van der Waals surface area contributed by atoms with Crippen molar-refractivity contribution in [3.05, 3.63) is 67.0 Å². The van der Waals surface area contributed by atoms with Gasteiger partial charge in [0.05, 0.1) is 16.9 Å². The number of nitrogens with zero attached hydrogens (tertiary/aromatic N) is 2. The third-order valence-electron chi connectivity index (χ3n) is 8.06. The molecule has 3 fully saturated rings. The van der Waals surface area contributed by atoms with Gasteiger partial charge in [-0.15, -0.1) is 0 Å². The molecule has 0 aliphatic heterocycles. The van der Waals surface area contributed by atoms with E-state index < -0.39 is 0 Å². The lowest BCUT2D eigenvalue weighted by Crippen LogP contribution is -2.42. The van der Waals surface area contributed by atoms with Crippen molar-refractivity contribution in [3.8, 4) is 11.3 Å². The summed E-state index contributed by atoms with van der Waals surface area (Å²) >= 11 is 0. The smallest absolute Gasteiger partial charge is 0.270 e. The average Bonchev–Trinajstić information content (AvgIpc) is 3.09. The van der Waals surface area contributed by atoms with Crippen molar-refractivity contribution in [2.75, 3.05) is 5.32 Å². The van der Waals surface area contributed by atoms with Crippen LogP contribution in [0.5, 0.6) is 0 Å². The van der Waals surface area contributed by atoms with Crippen LogP contribution in [0, 0.1) is 23.7 Å². The fourth-order valence-corrected chi connectivity index (χ4v) is 6.52. The van der Waals surface area contributed by atoms with E-state index in [0.717, 1.165) is 53.0 Å². The van der Waals surface area contributed by atoms with E-state index in [4.69, 9.17) is 0 Å². The molecule has 2 bridgehead atoms. The molecule has 2 N–H and O–H groups in total. The van der Waals surface area contributed by atoms with E-state index in [1.165, 1.54) is 25.3 Å². The highest BCUT2D eigenvalue weighted by Crippen LogP contribution is 2.58. The Bertz CT molecular complexity index is 1300. The minimum absolute atomic E-state index is 0.0955. The highest BCUT2D eigenvalue weighted by molar-refractivity contribution is 6.05. The number of carbonyl (C=O) groups is 2. The van der Waals surface area contributed by atoms with Gasteiger partial charge in [-0.25, -0.2) is 4.98 Å². The first-order valence-electron chi connectivity index (χ1n) is 12.2. The molecule has 2 heterocycles. The van der Waals surface area contributed by atoms with Gasteiger partial charge < -0.3 is 10.6 Å². The fourth-order valence-electron chi connectivity index (χ4n) is 6.52. The Kier molecular flexibility index (Phi) is 5.16. The van der Waals surface area contributed by atoms with Crippen LogP contribution in [0.4, 0.5) is 5.69 Å². The molecule has 0 radical (unpaired) electrons. The van der Waals surface area contributed by atoms with E-state index in [2.05, 4.69) is 27.2 Å². The number of nitrogens with one attached hydrogen (secondary N) is 2. The summed E-state index contributed by atoms with van der Waals surface area (Å²) in [6.07, 6.45) is 9.18. The van der Waals surface area contributed by atoms with Gasteiger partial charge in [-0.1, -0.05) is 18.7 Å². The van der Waals surface area contributed by atoms with Gasteiger partial charge in [-0.2, -0.15) is 0 Å². The van der Waals surface area contributed by atoms with Crippen LogP contribution < -0.4 is 10.6 Å². The topological polar surface area (TPSA) is 84.0 Å². The zero-order chi connectivity index (χ0) is 23.2. The minimum Gasteiger partial charge on any atom is -0.348 e. The summed E-state index contributed by atoms with van der Waals surface area (Å²) in [5, 5.41) is 6.93. The zero-order valence-electron chi connectivity index (χ0n) is 19.0. The van der Waals surface area contributed by atoms with E-state index in [1.54, 1.807) is 18.3 Å². The molecule has 1 aromatic carbocycles. The predicted molar refractivity (Wildman–Crippen MR) is 132 cm³/mol. The van der Waals surface area contributed by atoms with E-state index in [9.17, 15) is 9.59 Å². The fraction of sp³-hybridized carbons (Fsp3) is 0.357. The number of anilines is 1. The lowest BCUT2D eigenvalue weighted by molar-refractivity contribution is -0.111. The molecular weight excluding hydrogens is 424 g/mol. The van der Waals surface area contributed by atoms with Gasteiger partial charge in [-0.3, -0.25) is 14.6 Å². The van der Waals surface area contributed by atoms with Crippen LogP contribution in [-0.4, -0.2) is 27.8 Å². The van der Waals surface area contributed by atoms with Crippen molar-refractivity contribution in [2.45, 2.75) is 38.1 Å². The lowest BCUT2D eigenvalue weighted by Gasteiger charge is -2.42. The molecule has 5 atom stereocenters. The Morgan fingerprint density at radius 1 is 1.00 bits per heavy atom. The lowest BCUT2D eigenvalue weighted by atomic mass is 9.64. The van der Waals surface area contributed by atoms with Crippen molar-refractivity contribution in [1.82, 2.24) is 15.3 Å². The Morgan fingerprint density at radius 2 is 1.88 bits per heavy atom. The van der Waals surface area contributed by atoms with Crippen LogP contribution in [0.2, 0.25) is 0 Å². The molecule has 3 aliphatic rings. The third kappa shape index (κ3) is 3.77. The number of benzene rings is 1. The van der Waals surface area contributed by atoms with Gasteiger partial charge in [0.2, 0.25) is 5.91 Å². The molecule has 0 saturated heterocycles. The van der Waals surface area contributed by atoms with Gasteiger partial charge in [0, 0.05) is 23.2 Å². The van der Waals surface area contributed by atoms with Gasteiger partial charge in [0.25, 0.3) is 5.91 Å². The number of rotatable bonds is 5.